The van der Waals surface area contributed by atoms with E-state index in [9.17, 15) is 0 Å². The number of nitrogens with zero attached hydrogens (tertiary/aromatic N) is 4. The summed E-state index contributed by atoms with van der Waals surface area (Å²) in [6, 6.07) is 16.8. The predicted molar refractivity (Wildman–Crippen MR) is 151 cm³/mol. The molecule has 0 bridgehead atoms. The summed E-state index contributed by atoms with van der Waals surface area (Å²) in [5.74, 6) is 0.819. The molecule has 0 unspecified atom stereocenters. The molecule has 7 heteroatoms. The predicted octanol–water partition coefficient (Wildman–Crippen LogP) is 6.51. The molecule has 6 aromatic rings. The Morgan fingerprint density at radius 3 is 2.66 bits per heavy atom. The van der Waals surface area contributed by atoms with Crippen LogP contribution in [0.15, 0.2) is 79.5 Å². The molecule has 1 aliphatic rings. The van der Waals surface area contributed by atoms with Crippen LogP contribution in [-0.4, -0.2) is 36.7 Å². The van der Waals surface area contributed by atoms with Crippen LogP contribution in [0.5, 0.6) is 0 Å². The highest BCUT2D eigenvalue weighted by Gasteiger charge is 2.16. The van der Waals surface area contributed by atoms with Crippen molar-refractivity contribution in [1.82, 2.24) is 35.5 Å². The third-order valence-corrected chi connectivity index (χ3v) is 7.67. The molecule has 1 aliphatic carbocycles. The highest BCUT2D eigenvalue weighted by Crippen LogP contribution is 2.34. The van der Waals surface area contributed by atoms with Gasteiger partial charge in [-0.3, -0.25) is 20.1 Å². The lowest BCUT2D eigenvalue weighted by Crippen LogP contribution is -2.20. The van der Waals surface area contributed by atoms with E-state index in [0.717, 1.165) is 74.6 Å². The van der Waals surface area contributed by atoms with E-state index in [2.05, 4.69) is 72.9 Å². The van der Waals surface area contributed by atoms with Gasteiger partial charge in [0.2, 0.25) is 0 Å². The second kappa shape index (κ2) is 9.84. The van der Waals surface area contributed by atoms with Gasteiger partial charge in [0.05, 0.1) is 23.1 Å². The standard InChI is InChI=1S/C31H29N7/c1-2-6-20(5-1)14-33-15-21-11-23(18-34-16-21)28-13-26-30(19-35-28)37-38-31(26)29-12-25-24(8-3-9-27(25)36-29)22-7-4-10-32-17-22/h3-4,7-13,16-20,33,36H,1-2,5-6,14-15H2,(H,37,38). The Morgan fingerprint density at radius 2 is 1.76 bits per heavy atom. The molecular formula is C31H29N7. The monoisotopic (exact) mass is 499 g/mol. The molecule has 1 saturated carbocycles. The van der Waals surface area contributed by atoms with E-state index in [-0.39, 0.29) is 0 Å². The topological polar surface area (TPSA) is 95.2 Å². The van der Waals surface area contributed by atoms with Gasteiger partial charge in [0.15, 0.2) is 0 Å². The van der Waals surface area contributed by atoms with Crippen LogP contribution in [-0.2, 0) is 6.54 Å². The van der Waals surface area contributed by atoms with Gasteiger partial charge in [-0.15, -0.1) is 0 Å². The SMILES string of the molecule is c1cncc(-c2cccc3[nH]c(-c4n[nH]c5cnc(-c6cncc(CNCC7CCCC7)c6)cc45)cc23)c1. The molecule has 7 nitrogen and oxygen atoms in total. The molecule has 0 radical (unpaired) electrons. The van der Waals surface area contributed by atoms with Crippen molar-refractivity contribution in [3.05, 3.63) is 85.1 Å². The number of H-pyrrole nitrogens is 2. The Hall–Kier alpha value is -4.36. The van der Waals surface area contributed by atoms with Crippen LogP contribution in [0.2, 0.25) is 0 Å². The van der Waals surface area contributed by atoms with Crippen molar-refractivity contribution in [2.24, 2.45) is 5.92 Å². The number of hydrogen-bond donors (Lipinski definition) is 3. The first-order valence-electron chi connectivity index (χ1n) is 13.3. The van der Waals surface area contributed by atoms with E-state index < -0.39 is 0 Å². The molecule has 0 aliphatic heterocycles. The van der Waals surface area contributed by atoms with E-state index in [1.807, 2.05) is 30.9 Å². The molecule has 1 aromatic carbocycles. The maximum absolute atomic E-state index is 4.72. The maximum atomic E-state index is 4.72. The summed E-state index contributed by atoms with van der Waals surface area (Å²) in [6.07, 6.45) is 14.8. The lowest BCUT2D eigenvalue weighted by Gasteiger charge is -2.11. The smallest absolute Gasteiger partial charge is 0.116 e. The second-order valence-corrected chi connectivity index (χ2v) is 10.2. The van der Waals surface area contributed by atoms with Gasteiger partial charge >= 0.3 is 0 Å². The number of rotatable bonds is 7. The molecule has 0 saturated heterocycles. The van der Waals surface area contributed by atoms with Crippen molar-refractivity contribution >= 4 is 21.8 Å². The van der Waals surface area contributed by atoms with Gasteiger partial charge in [-0.05, 0) is 66.8 Å². The third kappa shape index (κ3) is 4.35. The van der Waals surface area contributed by atoms with Gasteiger partial charge < -0.3 is 10.3 Å². The summed E-state index contributed by atoms with van der Waals surface area (Å²) < 4.78 is 0. The van der Waals surface area contributed by atoms with E-state index in [0.29, 0.717) is 0 Å². The summed E-state index contributed by atoms with van der Waals surface area (Å²) in [5, 5.41) is 13.6. The van der Waals surface area contributed by atoms with Crippen LogP contribution < -0.4 is 5.32 Å². The van der Waals surface area contributed by atoms with Crippen molar-refractivity contribution < 1.29 is 0 Å². The number of nitrogens with one attached hydrogen (secondary N) is 3. The molecule has 0 spiro atoms. The van der Waals surface area contributed by atoms with Crippen LogP contribution in [0.1, 0.15) is 31.2 Å². The van der Waals surface area contributed by atoms with Crippen molar-refractivity contribution in [1.29, 1.82) is 0 Å². The first kappa shape index (κ1) is 22.8. The van der Waals surface area contributed by atoms with Crippen molar-refractivity contribution in [2.75, 3.05) is 6.54 Å². The first-order chi connectivity index (χ1) is 18.8. The van der Waals surface area contributed by atoms with Crippen molar-refractivity contribution in [3.8, 4) is 33.8 Å². The number of pyridine rings is 3. The fraction of sp³-hybridized carbons (Fsp3) is 0.226. The Kier molecular flexibility index (Phi) is 5.90. The van der Waals surface area contributed by atoms with Crippen LogP contribution in [0, 0.1) is 5.92 Å². The Bertz CT molecular complexity index is 1710. The van der Waals surface area contributed by atoms with Gasteiger partial charge in [-0.1, -0.05) is 31.0 Å². The normalized spacial score (nSPS) is 14.1. The van der Waals surface area contributed by atoms with E-state index >= 15 is 0 Å². The molecule has 188 valence electrons. The molecule has 0 atom stereocenters. The Morgan fingerprint density at radius 1 is 0.842 bits per heavy atom. The molecule has 0 amide bonds. The number of benzene rings is 1. The zero-order chi connectivity index (χ0) is 25.3. The van der Waals surface area contributed by atoms with Gasteiger partial charge in [-0.25, -0.2) is 0 Å². The summed E-state index contributed by atoms with van der Waals surface area (Å²) in [6.45, 7) is 1.91. The minimum atomic E-state index is 0.819. The summed E-state index contributed by atoms with van der Waals surface area (Å²) >= 11 is 0. The van der Waals surface area contributed by atoms with Crippen LogP contribution in [0.25, 0.3) is 55.6 Å². The number of aromatic amines is 2. The lowest BCUT2D eigenvalue weighted by molar-refractivity contribution is 0.489. The molecular weight excluding hydrogens is 470 g/mol. The van der Waals surface area contributed by atoms with Gasteiger partial charge in [0.25, 0.3) is 0 Å². The average Bonchev–Trinajstić information content (AvgIpc) is 3.73. The number of hydrogen-bond acceptors (Lipinski definition) is 5. The summed E-state index contributed by atoms with van der Waals surface area (Å²) in [5.41, 5.74) is 9.10. The Labute approximate surface area is 220 Å². The minimum Gasteiger partial charge on any atom is -0.353 e. The first-order valence-corrected chi connectivity index (χ1v) is 13.3. The zero-order valence-corrected chi connectivity index (χ0v) is 21.1. The average molecular weight is 500 g/mol. The van der Waals surface area contributed by atoms with E-state index in [4.69, 9.17) is 4.98 Å². The van der Waals surface area contributed by atoms with Gasteiger partial charge in [0.1, 0.15) is 5.69 Å². The molecule has 5 aromatic heterocycles. The Balaban J connectivity index is 1.20. The van der Waals surface area contributed by atoms with Gasteiger partial charge in [-0.2, -0.15) is 5.10 Å². The minimum absolute atomic E-state index is 0.819. The van der Waals surface area contributed by atoms with Crippen LogP contribution >= 0.6 is 0 Å². The number of fused-ring (bicyclic) bond motifs is 2. The fourth-order valence-electron chi connectivity index (χ4n) is 5.70. The molecule has 7 rings (SSSR count). The molecule has 1 fully saturated rings. The zero-order valence-electron chi connectivity index (χ0n) is 21.1. The summed E-state index contributed by atoms with van der Waals surface area (Å²) in [7, 11) is 0. The third-order valence-electron chi connectivity index (χ3n) is 7.67. The van der Waals surface area contributed by atoms with Crippen molar-refractivity contribution in [2.45, 2.75) is 32.2 Å². The molecule has 38 heavy (non-hydrogen) atoms. The molecule has 5 heterocycles. The maximum Gasteiger partial charge on any atom is 0.116 e. The largest absolute Gasteiger partial charge is 0.353 e. The van der Waals surface area contributed by atoms with Crippen molar-refractivity contribution in [3.63, 3.8) is 0 Å². The van der Waals surface area contributed by atoms with Crippen LogP contribution in [0.4, 0.5) is 0 Å². The second-order valence-electron chi connectivity index (χ2n) is 10.2. The highest BCUT2D eigenvalue weighted by atomic mass is 15.1. The molecule has 3 N–H and O–H groups in total. The highest BCUT2D eigenvalue weighted by molar-refractivity contribution is 6.01. The lowest BCUT2D eigenvalue weighted by atomic mass is 10.0. The quantitative estimate of drug-likeness (QED) is 0.233. The fourth-order valence-corrected chi connectivity index (χ4v) is 5.70. The van der Waals surface area contributed by atoms with E-state index in [1.165, 1.54) is 31.2 Å². The van der Waals surface area contributed by atoms with Gasteiger partial charge in [0, 0.05) is 58.7 Å². The number of aromatic nitrogens is 6. The van der Waals surface area contributed by atoms with E-state index in [1.54, 1.807) is 6.20 Å². The van der Waals surface area contributed by atoms with Crippen LogP contribution in [0.3, 0.4) is 0 Å². The summed E-state index contributed by atoms with van der Waals surface area (Å²) in [4.78, 5) is 17.1.